The Balaban J connectivity index is 1.82. The van der Waals surface area contributed by atoms with Crippen molar-refractivity contribution in [3.8, 4) is 0 Å². The van der Waals surface area contributed by atoms with Gasteiger partial charge in [0.05, 0.1) is 24.6 Å². The number of fused-ring (bicyclic) bond motifs is 1. The molecular formula is C21H20N4O6. The van der Waals surface area contributed by atoms with Gasteiger partial charge in [-0.2, -0.15) is 5.10 Å². The number of benzene rings is 1. The molecule has 0 aliphatic rings. The Kier molecular flexibility index (Phi) is 6.94. The number of carboxylic acids is 2. The van der Waals surface area contributed by atoms with Crippen LogP contribution in [-0.2, 0) is 9.59 Å². The van der Waals surface area contributed by atoms with E-state index in [9.17, 15) is 14.4 Å². The maximum absolute atomic E-state index is 12.3. The summed E-state index contributed by atoms with van der Waals surface area (Å²) in [7, 11) is 0. The highest BCUT2D eigenvalue weighted by Gasteiger charge is 2.13. The summed E-state index contributed by atoms with van der Waals surface area (Å²) >= 11 is 0. The first kappa shape index (κ1) is 21.5. The van der Waals surface area contributed by atoms with E-state index in [1.54, 1.807) is 53.6 Å². The lowest BCUT2D eigenvalue weighted by atomic mass is 10.1. The van der Waals surface area contributed by atoms with Gasteiger partial charge in [0.1, 0.15) is 11.4 Å². The molecule has 2 aromatic heterocycles. The van der Waals surface area contributed by atoms with Gasteiger partial charge in [0.2, 0.25) is 0 Å². The van der Waals surface area contributed by atoms with Gasteiger partial charge in [-0.1, -0.05) is 6.07 Å². The van der Waals surface area contributed by atoms with E-state index in [-0.39, 0.29) is 31.5 Å². The average Bonchev–Trinajstić information content (AvgIpc) is 2.74. The van der Waals surface area contributed by atoms with Gasteiger partial charge in [-0.05, 0) is 30.3 Å². The Morgan fingerprint density at radius 2 is 1.84 bits per heavy atom. The minimum Gasteiger partial charge on any atom is -0.481 e. The second kappa shape index (κ2) is 10.0. The molecule has 31 heavy (non-hydrogen) atoms. The minimum absolute atomic E-state index is 0.127. The number of hydrogen-bond acceptors (Lipinski definition) is 8. The first-order chi connectivity index (χ1) is 14.9. The standard InChI is InChI=1S/C21H20N4O6/c26-19(27)6-9-25(10-7-20(28)29)16-5-4-14-11-15(21(30)31-17(14)12-16)13-23-24-18-3-1-2-8-22-18/h1-5,8,11-13H,6-7,9-10H2,(H,22,24)(H,26,27)(H,28,29)/b23-13+. The highest BCUT2D eigenvalue weighted by atomic mass is 16.4. The van der Waals surface area contributed by atoms with Gasteiger partial charge in [0.15, 0.2) is 0 Å². The summed E-state index contributed by atoms with van der Waals surface area (Å²) in [5.41, 5.74) is 3.21. The zero-order chi connectivity index (χ0) is 22.2. The van der Waals surface area contributed by atoms with E-state index in [1.807, 2.05) is 0 Å². The Hall–Kier alpha value is -4.21. The highest BCUT2D eigenvalue weighted by molar-refractivity contribution is 5.88. The maximum atomic E-state index is 12.3. The van der Waals surface area contributed by atoms with Crippen LogP contribution < -0.4 is 16.0 Å². The quantitative estimate of drug-likeness (QED) is 0.254. The second-order valence-electron chi connectivity index (χ2n) is 6.57. The van der Waals surface area contributed by atoms with Crippen molar-refractivity contribution < 1.29 is 24.2 Å². The number of pyridine rings is 1. The van der Waals surface area contributed by atoms with Crippen LogP contribution in [0.4, 0.5) is 11.5 Å². The summed E-state index contributed by atoms with van der Waals surface area (Å²) in [6, 6.07) is 11.9. The SMILES string of the molecule is O=C(O)CCN(CCC(=O)O)c1ccc2cc(/C=N/Nc3ccccn3)c(=O)oc2c1. The molecule has 0 atom stereocenters. The third-order valence-electron chi connectivity index (χ3n) is 4.35. The molecule has 1 aromatic carbocycles. The molecular weight excluding hydrogens is 404 g/mol. The van der Waals surface area contributed by atoms with Crippen LogP contribution in [0.1, 0.15) is 18.4 Å². The third kappa shape index (κ3) is 6.13. The van der Waals surface area contributed by atoms with Crippen LogP contribution in [0.2, 0.25) is 0 Å². The number of nitrogens with zero attached hydrogens (tertiary/aromatic N) is 3. The van der Waals surface area contributed by atoms with E-state index in [4.69, 9.17) is 14.6 Å². The van der Waals surface area contributed by atoms with Gasteiger partial charge in [-0.25, -0.2) is 9.78 Å². The normalized spacial score (nSPS) is 11.0. The molecule has 0 aliphatic heterocycles. The van der Waals surface area contributed by atoms with Crippen LogP contribution in [0.15, 0.2) is 63.0 Å². The molecule has 3 N–H and O–H groups in total. The van der Waals surface area contributed by atoms with Crippen molar-refractivity contribution in [2.75, 3.05) is 23.4 Å². The smallest absolute Gasteiger partial charge is 0.345 e. The number of hydrazone groups is 1. The lowest BCUT2D eigenvalue weighted by Crippen LogP contribution is -2.28. The van der Waals surface area contributed by atoms with E-state index >= 15 is 0 Å². The number of aromatic nitrogens is 1. The lowest BCUT2D eigenvalue weighted by molar-refractivity contribution is -0.137. The molecule has 3 aromatic rings. The third-order valence-corrected chi connectivity index (χ3v) is 4.35. The van der Waals surface area contributed by atoms with Gasteiger partial charge in [0, 0.05) is 36.4 Å². The predicted octanol–water partition coefficient (Wildman–Crippen LogP) is 2.39. The first-order valence-corrected chi connectivity index (χ1v) is 9.39. The number of carboxylic acid groups (broad SMARTS) is 2. The van der Waals surface area contributed by atoms with Crippen molar-refractivity contribution in [3.63, 3.8) is 0 Å². The molecule has 0 saturated heterocycles. The molecule has 0 aliphatic carbocycles. The molecule has 0 bridgehead atoms. The first-order valence-electron chi connectivity index (χ1n) is 9.39. The summed E-state index contributed by atoms with van der Waals surface area (Å²) in [4.78, 5) is 39.8. The molecule has 0 radical (unpaired) electrons. The van der Waals surface area contributed by atoms with Crippen LogP contribution in [0.25, 0.3) is 11.0 Å². The topological polar surface area (TPSA) is 145 Å². The van der Waals surface area contributed by atoms with Gasteiger partial charge in [0.25, 0.3) is 0 Å². The monoisotopic (exact) mass is 424 g/mol. The molecule has 0 spiro atoms. The summed E-state index contributed by atoms with van der Waals surface area (Å²) in [6.45, 7) is 0.255. The maximum Gasteiger partial charge on any atom is 0.345 e. The Morgan fingerprint density at radius 1 is 1.10 bits per heavy atom. The van der Waals surface area contributed by atoms with Crippen LogP contribution in [0.3, 0.4) is 0 Å². The van der Waals surface area contributed by atoms with E-state index in [0.717, 1.165) is 0 Å². The van der Waals surface area contributed by atoms with Crippen LogP contribution in [0.5, 0.6) is 0 Å². The number of anilines is 2. The van der Waals surface area contributed by atoms with Crippen LogP contribution in [-0.4, -0.2) is 46.4 Å². The number of nitrogens with one attached hydrogen (secondary N) is 1. The van der Waals surface area contributed by atoms with E-state index in [0.29, 0.717) is 22.5 Å². The van der Waals surface area contributed by atoms with Gasteiger partial charge >= 0.3 is 17.6 Å². The fraction of sp³-hybridized carbons (Fsp3) is 0.190. The fourth-order valence-corrected chi connectivity index (χ4v) is 2.83. The van der Waals surface area contributed by atoms with Gasteiger partial charge in [-0.3, -0.25) is 15.0 Å². The number of carbonyl (C=O) groups is 2. The van der Waals surface area contributed by atoms with Crippen LogP contribution >= 0.6 is 0 Å². The second-order valence-corrected chi connectivity index (χ2v) is 6.57. The van der Waals surface area contributed by atoms with Crippen molar-refractivity contribution in [2.24, 2.45) is 5.10 Å². The zero-order valence-corrected chi connectivity index (χ0v) is 16.4. The molecule has 0 saturated carbocycles. The summed E-state index contributed by atoms with van der Waals surface area (Å²) in [5, 5.41) is 22.5. The molecule has 2 heterocycles. The molecule has 10 nitrogen and oxygen atoms in total. The summed E-state index contributed by atoms with van der Waals surface area (Å²) < 4.78 is 5.39. The van der Waals surface area contributed by atoms with Crippen molar-refractivity contribution in [1.82, 2.24) is 4.98 Å². The molecule has 160 valence electrons. The molecule has 0 fully saturated rings. The minimum atomic E-state index is -0.990. The summed E-state index contributed by atoms with van der Waals surface area (Å²) in [5.74, 6) is -1.46. The Labute approximate surface area is 176 Å². The van der Waals surface area contributed by atoms with Crippen molar-refractivity contribution >= 4 is 40.6 Å². The van der Waals surface area contributed by atoms with Gasteiger partial charge in [-0.15, -0.1) is 0 Å². The van der Waals surface area contributed by atoms with Crippen molar-refractivity contribution in [2.45, 2.75) is 12.8 Å². The molecule has 0 unspecified atom stereocenters. The fourth-order valence-electron chi connectivity index (χ4n) is 2.83. The van der Waals surface area contributed by atoms with Crippen molar-refractivity contribution in [1.29, 1.82) is 0 Å². The van der Waals surface area contributed by atoms with E-state index in [1.165, 1.54) is 6.21 Å². The number of aliphatic carboxylic acids is 2. The number of rotatable bonds is 10. The summed E-state index contributed by atoms with van der Waals surface area (Å²) in [6.07, 6.45) is 2.64. The Morgan fingerprint density at radius 3 is 2.48 bits per heavy atom. The zero-order valence-electron chi connectivity index (χ0n) is 16.4. The molecule has 0 amide bonds. The average molecular weight is 424 g/mol. The van der Waals surface area contributed by atoms with Gasteiger partial charge < -0.3 is 19.5 Å². The predicted molar refractivity (Wildman–Crippen MR) is 115 cm³/mol. The molecule has 3 rings (SSSR count). The Bertz CT molecular complexity index is 1140. The van der Waals surface area contributed by atoms with E-state index in [2.05, 4.69) is 15.5 Å². The highest BCUT2D eigenvalue weighted by Crippen LogP contribution is 2.22. The molecule has 10 heteroatoms. The number of hydrogen-bond donors (Lipinski definition) is 3. The lowest BCUT2D eigenvalue weighted by Gasteiger charge is -2.23. The van der Waals surface area contributed by atoms with Crippen LogP contribution in [0, 0.1) is 0 Å². The van der Waals surface area contributed by atoms with E-state index < -0.39 is 17.6 Å². The van der Waals surface area contributed by atoms with Crippen molar-refractivity contribution in [3.05, 3.63) is 64.6 Å². The largest absolute Gasteiger partial charge is 0.481 e.